The van der Waals surface area contributed by atoms with Gasteiger partial charge in [0.05, 0.1) is 5.56 Å². The molecule has 0 spiro atoms. The number of hydrogen-bond acceptors (Lipinski definition) is 4. The molecule has 1 aromatic carbocycles. The summed E-state index contributed by atoms with van der Waals surface area (Å²) < 4.78 is 47.0. The molecule has 1 aliphatic rings. The fourth-order valence-electron chi connectivity index (χ4n) is 2.36. The maximum atomic E-state index is 13.7. The van der Waals surface area contributed by atoms with Gasteiger partial charge in [-0.3, -0.25) is 0 Å². The second-order valence-corrected chi connectivity index (χ2v) is 7.11. The minimum Gasteiger partial charge on any atom is -0.478 e. The molecule has 0 saturated carbocycles. The van der Waals surface area contributed by atoms with Gasteiger partial charge in [0.25, 0.3) is 10.2 Å². The molecule has 1 heterocycles. The average Bonchev–Trinajstić information content (AvgIpc) is 2.54. The maximum Gasteiger partial charge on any atom is 0.335 e. The van der Waals surface area contributed by atoms with Gasteiger partial charge in [-0.15, -0.1) is 0 Å². The van der Waals surface area contributed by atoms with Crippen molar-refractivity contribution in [2.45, 2.75) is 25.4 Å². The first-order valence-electron chi connectivity index (χ1n) is 7.13. The third-order valence-corrected chi connectivity index (χ3v) is 5.39. The van der Waals surface area contributed by atoms with E-state index in [1.807, 2.05) is 0 Å². The summed E-state index contributed by atoms with van der Waals surface area (Å²) in [6.07, 6.45) is 1.19. The Morgan fingerprint density at radius 3 is 2.70 bits per heavy atom. The van der Waals surface area contributed by atoms with Gasteiger partial charge < -0.3 is 9.84 Å². The summed E-state index contributed by atoms with van der Waals surface area (Å²) in [6.45, 7) is 0.683. The van der Waals surface area contributed by atoms with E-state index in [-0.39, 0.29) is 23.7 Å². The van der Waals surface area contributed by atoms with Crippen molar-refractivity contribution >= 4 is 16.2 Å². The molecule has 0 atom stereocenters. The number of hydrogen-bond donors (Lipinski definition) is 2. The normalized spacial score (nSPS) is 16.7. The second kappa shape index (κ2) is 7.35. The van der Waals surface area contributed by atoms with Crippen LogP contribution in [0.4, 0.5) is 4.39 Å². The maximum absolute atomic E-state index is 13.7. The molecule has 0 bridgehead atoms. The molecular formula is C14H19FN2O5S. The Labute approximate surface area is 134 Å². The van der Waals surface area contributed by atoms with Gasteiger partial charge in [0.15, 0.2) is 0 Å². The van der Waals surface area contributed by atoms with Gasteiger partial charge in [0, 0.05) is 38.4 Å². The molecule has 23 heavy (non-hydrogen) atoms. The van der Waals surface area contributed by atoms with Gasteiger partial charge in [-0.1, -0.05) is 0 Å². The van der Waals surface area contributed by atoms with E-state index in [1.54, 1.807) is 0 Å². The highest BCUT2D eigenvalue weighted by molar-refractivity contribution is 7.87. The first-order chi connectivity index (χ1) is 10.8. The Kier molecular flexibility index (Phi) is 5.69. The van der Waals surface area contributed by atoms with Crippen molar-refractivity contribution in [3.05, 3.63) is 35.1 Å². The van der Waals surface area contributed by atoms with Gasteiger partial charge in [-0.25, -0.2) is 9.18 Å². The minimum absolute atomic E-state index is 0.0196. The molecule has 1 aliphatic heterocycles. The number of carboxylic acids is 1. The van der Waals surface area contributed by atoms with Crippen LogP contribution in [0.15, 0.2) is 18.2 Å². The lowest BCUT2D eigenvalue weighted by molar-refractivity contribution is 0.0629. The lowest BCUT2D eigenvalue weighted by Gasteiger charge is -2.30. The number of halogens is 1. The number of ether oxygens (including phenoxy) is 1. The molecule has 0 radical (unpaired) electrons. The number of rotatable bonds is 6. The van der Waals surface area contributed by atoms with Crippen molar-refractivity contribution in [1.29, 1.82) is 0 Å². The monoisotopic (exact) mass is 346 g/mol. The number of benzene rings is 1. The first kappa shape index (κ1) is 17.8. The highest BCUT2D eigenvalue weighted by Gasteiger charge is 2.27. The van der Waals surface area contributed by atoms with Crippen LogP contribution in [0.25, 0.3) is 0 Å². The number of nitrogens with one attached hydrogen (secondary N) is 1. The highest BCUT2D eigenvalue weighted by atomic mass is 32.2. The van der Waals surface area contributed by atoms with Crippen molar-refractivity contribution in [3.8, 4) is 0 Å². The third-order valence-electron chi connectivity index (χ3n) is 3.82. The zero-order chi connectivity index (χ0) is 17.0. The van der Waals surface area contributed by atoms with E-state index >= 15 is 0 Å². The standard InChI is InChI=1S/C14H19FN2O5S/c1-17(12-4-6-22-7-5-12)23(20,21)16-9-11-8-10(14(18)19)2-3-13(11)15/h2-3,8,12,16H,4-7,9H2,1H3,(H,18,19). The van der Waals surface area contributed by atoms with Crippen LogP contribution in [-0.4, -0.2) is 50.1 Å². The smallest absolute Gasteiger partial charge is 0.335 e. The molecule has 1 saturated heterocycles. The highest BCUT2D eigenvalue weighted by Crippen LogP contribution is 2.16. The summed E-state index contributed by atoms with van der Waals surface area (Å²) in [5.74, 6) is -1.86. The van der Waals surface area contributed by atoms with E-state index in [0.29, 0.717) is 26.1 Å². The molecule has 0 aliphatic carbocycles. The second-order valence-electron chi connectivity index (χ2n) is 5.30. The third kappa shape index (κ3) is 4.47. The summed E-state index contributed by atoms with van der Waals surface area (Å²) in [4.78, 5) is 10.9. The van der Waals surface area contributed by atoms with Crippen molar-refractivity contribution in [1.82, 2.24) is 9.03 Å². The van der Waals surface area contributed by atoms with Crippen LogP contribution in [0.1, 0.15) is 28.8 Å². The molecule has 0 aromatic heterocycles. The van der Waals surface area contributed by atoms with Crippen LogP contribution in [0.2, 0.25) is 0 Å². The van der Waals surface area contributed by atoms with E-state index in [1.165, 1.54) is 11.4 Å². The number of carbonyl (C=O) groups is 1. The van der Waals surface area contributed by atoms with Crippen LogP contribution in [-0.2, 0) is 21.5 Å². The summed E-state index contributed by atoms with van der Waals surface area (Å²) in [7, 11) is -2.33. The fraction of sp³-hybridized carbons (Fsp3) is 0.500. The zero-order valence-corrected chi connectivity index (χ0v) is 13.5. The summed E-state index contributed by atoms with van der Waals surface area (Å²) in [6, 6.07) is 3.09. The fourth-order valence-corrected chi connectivity index (χ4v) is 3.50. The predicted octanol–water partition coefficient (Wildman–Crippen LogP) is 0.969. The van der Waals surface area contributed by atoms with Crippen molar-refractivity contribution < 1.29 is 27.4 Å². The molecule has 0 unspecified atom stereocenters. The lowest BCUT2D eigenvalue weighted by Crippen LogP contribution is -2.46. The number of aromatic carboxylic acids is 1. The van der Waals surface area contributed by atoms with Crippen molar-refractivity contribution in [2.75, 3.05) is 20.3 Å². The zero-order valence-electron chi connectivity index (χ0n) is 12.7. The van der Waals surface area contributed by atoms with Gasteiger partial charge >= 0.3 is 5.97 Å². The molecule has 2 N–H and O–H groups in total. The topological polar surface area (TPSA) is 95.9 Å². The Morgan fingerprint density at radius 1 is 1.43 bits per heavy atom. The Hall–Kier alpha value is -1.55. The van der Waals surface area contributed by atoms with Crippen LogP contribution < -0.4 is 4.72 Å². The summed E-state index contributed by atoms with van der Waals surface area (Å²) >= 11 is 0. The summed E-state index contributed by atoms with van der Waals surface area (Å²) in [5.41, 5.74) is -0.118. The Balaban J connectivity index is 2.06. The quantitative estimate of drug-likeness (QED) is 0.800. The molecule has 2 rings (SSSR count). The van der Waals surface area contributed by atoms with E-state index in [2.05, 4.69) is 4.72 Å². The summed E-state index contributed by atoms with van der Waals surface area (Å²) in [5, 5.41) is 8.91. The number of carboxylic acid groups (broad SMARTS) is 1. The van der Waals surface area contributed by atoms with Gasteiger partial charge in [-0.05, 0) is 31.0 Å². The SMILES string of the molecule is CN(C1CCOCC1)S(=O)(=O)NCc1cc(C(=O)O)ccc1F. The van der Waals surface area contributed by atoms with E-state index in [0.717, 1.165) is 18.2 Å². The number of nitrogens with zero attached hydrogens (tertiary/aromatic N) is 1. The Bertz CT molecular complexity index is 674. The van der Waals surface area contributed by atoms with E-state index < -0.39 is 22.0 Å². The van der Waals surface area contributed by atoms with Gasteiger partial charge in [0.1, 0.15) is 5.82 Å². The molecule has 1 fully saturated rings. The van der Waals surface area contributed by atoms with Crippen molar-refractivity contribution in [3.63, 3.8) is 0 Å². The molecule has 0 amide bonds. The van der Waals surface area contributed by atoms with Gasteiger partial charge in [0.2, 0.25) is 0 Å². The van der Waals surface area contributed by atoms with Crippen LogP contribution in [0, 0.1) is 5.82 Å². The first-order valence-corrected chi connectivity index (χ1v) is 8.57. The van der Waals surface area contributed by atoms with Crippen molar-refractivity contribution in [2.24, 2.45) is 0 Å². The average molecular weight is 346 g/mol. The van der Waals surface area contributed by atoms with E-state index in [4.69, 9.17) is 9.84 Å². The molecular weight excluding hydrogens is 327 g/mol. The van der Waals surface area contributed by atoms with Crippen LogP contribution in [0.5, 0.6) is 0 Å². The largest absolute Gasteiger partial charge is 0.478 e. The molecule has 128 valence electrons. The molecule has 7 nitrogen and oxygen atoms in total. The van der Waals surface area contributed by atoms with Crippen LogP contribution >= 0.6 is 0 Å². The molecule has 9 heteroatoms. The van der Waals surface area contributed by atoms with Gasteiger partial charge in [-0.2, -0.15) is 17.4 Å². The van der Waals surface area contributed by atoms with E-state index in [9.17, 15) is 17.6 Å². The Morgan fingerprint density at radius 2 is 2.09 bits per heavy atom. The minimum atomic E-state index is -3.79. The van der Waals surface area contributed by atoms with Crippen LogP contribution in [0.3, 0.4) is 0 Å². The predicted molar refractivity (Wildman–Crippen MR) is 80.7 cm³/mol. The molecule has 1 aromatic rings. The lowest BCUT2D eigenvalue weighted by atomic mass is 10.1.